The second-order valence-corrected chi connectivity index (χ2v) is 6.07. The third kappa shape index (κ3) is 5.54. The van der Waals surface area contributed by atoms with E-state index in [1.807, 2.05) is 18.3 Å². The Bertz CT molecular complexity index is 630. The molecule has 2 N–H and O–H groups in total. The first kappa shape index (κ1) is 16.6. The number of hydrogen-bond donors (Lipinski definition) is 2. The minimum atomic E-state index is 0.300. The predicted molar refractivity (Wildman–Crippen MR) is 93.4 cm³/mol. The summed E-state index contributed by atoms with van der Waals surface area (Å²) in [4.78, 5) is 0. The van der Waals surface area contributed by atoms with E-state index in [4.69, 9.17) is 28.6 Å². The summed E-state index contributed by atoms with van der Waals surface area (Å²) in [6.07, 6.45) is 3.53. The van der Waals surface area contributed by atoms with Gasteiger partial charge in [-0.3, -0.25) is 0 Å². The van der Waals surface area contributed by atoms with Gasteiger partial charge in [0.05, 0.1) is 18.1 Å². The van der Waals surface area contributed by atoms with Crippen molar-refractivity contribution in [2.75, 3.05) is 11.9 Å². The van der Waals surface area contributed by atoms with Gasteiger partial charge in [0.2, 0.25) is 0 Å². The summed E-state index contributed by atoms with van der Waals surface area (Å²) in [6, 6.07) is 7.25. The van der Waals surface area contributed by atoms with E-state index in [1.165, 1.54) is 0 Å². The number of rotatable bonds is 6. The van der Waals surface area contributed by atoms with Crippen LogP contribution in [0, 0.1) is 5.92 Å². The zero-order chi connectivity index (χ0) is 15.9. The largest absolute Gasteiger partial charge is 0.471 e. The van der Waals surface area contributed by atoms with Crippen molar-refractivity contribution in [3.63, 3.8) is 0 Å². The highest BCUT2D eigenvalue weighted by Gasteiger charge is 2.03. The lowest BCUT2D eigenvalue weighted by Crippen LogP contribution is -2.31. The summed E-state index contributed by atoms with van der Waals surface area (Å²) < 4.78 is 7.28. The molecule has 2 aromatic rings. The molecule has 0 aliphatic rings. The maximum absolute atomic E-state index is 5.91. The van der Waals surface area contributed by atoms with Gasteiger partial charge in [0.1, 0.15) is 5.75 Å². The fourth-order valence-corrected chi connectivity index (χ4v) is 2.05. The topological polar surface area (TPSA) is 51.1 Å². The number of anilines is 1. The third-order valence-corrected chi connectivity index (χ3v) is 3.20. The zero-order valence-electron chi connectivity index (χ0n) is 12.5. The summed E-state index contributed by atoms with van der Waals surface area (Å²) >= 11 is 11.1. The average Bonchev–Trinajstić information content (AvgIpc) is 2.90. The number of aromatic nitrogens is 2. The molecular formula is C15H19ClN4OS. The van der Waals surface area contributed by atoms with Crippen LogP contribution in [0.1, 0.15) is 13.8 Å². The monoisotopic (exact) mass is 338 g/mol. The van der Waals surface area contributed by atoms with Crippen LogP contribution in [-0.2, 0) is 6.73 Å². The van der Waals surface area contributed by atoms with Gasteiger partial charge >= 0.3 is 0 Å². The first-order valence-electron chi connectivity index (χ1n) is 6.98. The van der Waals surface area contributed by atoms with Crippen LogP contribution in [0.2, 0.25) is 5.02 Å². The van der Waals surface area contributed by atoms with Gasteiger partial charge in [0.25, 0.3) is 0 Å². The van der Waals surface area contributed by atoms with Crippen LogP contribution in [0.3, 0.4) is 0 Å². The van der Waals surface area contributed by atoms with Gasteiger partial charge in [-0.05, 0) is 36.3 Å². The highest BCUT2D eigenvalue weighted by atomic mass is 35.5. The molecule has 1 heterocycles. The molecule has 5 nitrogen and oxygen atoms in total. The second kappa shape index (κ2) is 8.00. The Balaban J connectivity index is 1.82. The molecule has 118 valence electrons. The van der Waals surface area contributed by atoms with Crippen LogP contribution in [0.15, 0.2) is 36.7 Å². The first-order valence-corrected chi connectivity index (χ1v) is 7.77. The molecule has 0 saturated carbocycles. The number of halogens is 1. The van der Waals surface area contributed by atoms with Crippen molar-refractivity contribution in [3.8, 4) is 5.75 Å². The molecule has 1 aromatic carbocycles. The first-order chi connectivity index (χ1) is 10.5. The normalized spacial score (nSPS) is 10.5. The molecular weight excluding hydrogens is 320 g/mol. The summed E-state index contributed by atoms with van der Waals surface area (Å²) in [5.74, 6) is 1.24. The van der Waals surface area contributed by atoms with Gasteiger partial charge in [0, 0.05) is 11.6 Å². The molecule has 0 aliphatic heterocycles. The van der Waals surface area contributed by atoms with Crippen LogP contribution in [-0.4, -0.2) is 21.4 Å². The van der Waals surface area contributed by atoms with Gasteiger partial charge in [-0.25, -0.2) is 4.68 Å². The van der Waals surface area contributed by atoms with E-state index in [2.05, 4.69) is 29.6 Å². The van der Waals surface area contributed by atoms with Crippen LogP contribution in [0.4, 0.5) is 5.69 Å². The third-order valence-electron chi connectivity index (χ3n) is 2.72. The summed E-state index contributed by atoms with van der Waals surface area (Å²) in [6.45, 7) is 5.38. The lowest BCUT2D eigenvalue weighted by Gasteiger charge is -2.10. The summed E-state index contributed by atoms with van der Waals surface area (Å²) in [7, 11) is 0. The molecule has 0 amide bonds. The molecule has 0 unspecified atom stereocenters. The molecule has 0 fully saturated rings. The van der Waals surface area contributed by atoms with Crippen molar-refractivity contribution < 1.29 is 4.74 Å². The lowest BCUT2D eigenvalue weighted by molar-refractivity contribution is 0.221. The Hall–Kier alpha value is -1.79. The summed E-state index contributed by atoms with van der Waals surface area (Å²) in [5.41, 5.74) is 0.816. The number of thiocarbonyl (C=S) groups is 1. The van der Waals surface area contributed by atoms with Crippen molar-refractivity contribution in [1.29, 1.82) is 0 Å². The molecule has 22 heavy (non-hydrogen) atoms. The van der Waals surface area contributed by atoms with Crippen molar-refractivity contribution in [1.82, 2.24) is 15.1 Å². The minimum absolute atomic E-state index is 0.300. The average molecular weight is 339 g/mol. The molecule has 0 atom stereocenters. The summed E-state index contributed by atoms with van der Waals surface area (Å²) in [5, 5.41) is 11.7. The van der Waals surface area contributed by atoms with Gasteiger partial charge in [-0.1, -0.05) is 31.5 Å². The molecule has 0 saturated heterocycles. The fourth-order valence-electron chi connectivity index (χ4n) is 1.67. The Morgan fingerprint density at radius 3 is 3.00 bits per heavy atom. The number of hydrogen-bond acceptors (Lipinski definition) is 3. The molecule has 0 aliphatic carbocycles. The van der Waals surface area contributed by atoms with E-state index in [9.17, 15) is 0 Å². The maximum Gasteiger partial charge on any atom is 0.180 e. The van der Waals surface area contributed by atoms with E-state index in [0.717, 1.165) is 12.2 Å². The Labute approximate surface area is 140 Å². The van der Waals surface area contributed by atoms with Gasteiger partial charge in [-0.15, -0.1) is 0 Å². The number of benzene rings is 1. The van der Waals surface area contributed by atoms with E-state index >= 15 is 0 Å². The van der Waals surface area contributed by atoms with Crippen LogP contribution >= 0.6 is 23.8 Å². The van der Waals surface area contributed by atoms with E-state index in [-0.39, 0.29) is 0 Å². The minimum Gasteiger partial charge on any atom is -0.471 e. The van der Waals surface area contributed by atoms with Crippen LogP contribution in [0.25, 0.3) is 0 Å². The maximum atomic E-state index is 5.91. The Kier molecular flexibility index (Phi) is 6.03. The SMILES string of the molecule is CC(C)CNC(=S)Nc1cnn(COc2cccc(Cl)c2)c1. The Morgan fingerprint density at radius 2 is 2.27 bits per heavy atom. The van der Waals surface area contributed by atoms with Gasteiger partial charge in [-0.2, -0.15) is 5.10 Å². The van der Waals surface area contributed by atoms with Gasteiger partial charge < -0.3 is 15.4 Å². The van der Waals surface area contributed by atoms with E-state index in [1.54, 1.807) is 23.0 Å². The van der Waals surface area contributed by atoms with Crippen molar-refractivity contribution in [2.24, 2.45) is 5.92 Å². The van der Waals surface area contributed by atoms with Gasteiger partial charge in [0.15, 0.2) is 11.8 Å². The van der Waals surface area contributed by atoms with Crippen molar-refractivity contribution in [2.45, 2.75) is 20.6 Å². The second-order valence-electron chi connectivity index (χ2n) is 5.23. The molecule has 0 bridgehead atoms. The number of ether oxygens (including phenoxy) is 1. The molecule has 2 rings (SSSR count). The van der Waals surface area contributed by atoms with E-state index < -0.39 is 0 Å². The number of nitrogens with one attached hydrogen (secondary N) is 2. The Morgan fingerprint density at radius 1 is 1.45 bits per heavy atom. The van der Waals surface area contributed by atoms with Crippen molar-refractivity contribution >= 4 is 34.6 Å². The quantitative estimate of drug-likeness (QED) is 0.789. The highest BCUT2D eigenvalue weighted by Crippen LogP contribution is 2.17. The molecule has 0 radical (unpaired) electrons. The highest BCUT2D eigenvalue weighted by molar-refractivity contribution is 7.80. The predicted octanol–water partition coefficient (Wildman–Crippen LogP) is 3.52. The smallest absolute Gasteiger partial charge is 0.180 e. The fraction of sp³-hybridized carbons (Fsp3) is 0.333. The van der Waals surface area contributed by atoms with Crippen LogP contribution in [0.5, 0.6) is 5.75 Å². The van der Waals surface area contributed by atoms with Crippen LogP contribution < -0.4 is 15.4 Å². The van der Waals surface area contributed by atoms with Crippen molar-refractivity contribution in [3.05, 3.63) is 41.7 Å². The van der Waals surface area contributed by atoms with E-state index in [0.29, 0.717) is 28.5 Å². The molecule has 7 heteroatoms. The molecule has 1 aromatic heterocycles. The molecule has 0 spiro atoms. The standard InChI is InChI=1S/C15H19ClN4OS/c1-11(2)7-17-15(22)19-13-8-18-20(9-13)10-21-14-5-3-4-12(16)6-14/h3-6,8-9,11H,7,10H2,1-2H3,(H2,17,19,22). The lowest BCUT2D eigenvalue weighted by atomic mass is 10.2. The zero-order valence-corrected chi connectivity index (χ0v) is 14.1. The number of nitrogens with zero attached hydrogens (tertiary/aromatic N) is 2.